The van der Waals surface area contributed by atoms with Gasteiger partial charge in [-0.3, -0.25) is 0 Å². The summed E-state index contributed by atoms with van der Waals surface area (Å²) in [6.07, 6.45) is 8.91. The van der Waals surface area contributed by atoms with Gasteiger partial charge in [0.05, 0.1) is 0 Å². The summed E-state index contributed by atoms with van der Waals surface area (Å²) >= 11 is 0. The van der Waals surface area contributed by atoms with Crippen molar-refractivity contribution in [2.75, 3.05) is 19.8 Å². The molecule has 2 unspecified atom stereocenters. The molecule has 0 bridgehead atoms. The number of unbranched alkanes of at least 4 members (excludes halogenated alkanes) is 1. The molecule has 0 rings (SSSR count). The van der Waals surface area contributed by atoms with E-state index in [0.717, 1.165) is 25.7 Å². The summed E-state index contributed by atoms with van der Waals surface area (Å²) in [4.78, 5) is 0. The Morgan fingerprint density at radius 1 is 0.944 bits per heavy atom. The SMILES string of the molecule is CCCCC(CC)COCCCC(CC)NCC. The van der Waals surface area contributed by atoms with Gasteiger partial charge in [-0.1, -0.05) is 47.0 Å². The molecule has 18 heavy (non-hydrogen) atoms. The minimum Gasteiger partial charge on any atom is -0.381 e. The molecule has 0 fully saturated rings. The first-order valence-corrected chi connectivity index (χ1v) is 8.09. The lowest BCUT2D eigenvalue weighted by Gasteiger charge is -2.17. The lowest BCUT2D eigenvalue weighted by atomic mass is 10.0. The fourth-order valence-corrected chi connectivity index (χ4v) is 2.32. The molecule has 2 heteroatoms. The molecule has 0 aromatic rings. The monoisotopic (exact) mass is 257 g/mol. The zero-order chi connectivity index (χ0) is 13.6. The number of hydrogen-bond donors (Lipinski definition) is 1. The predicted molar refractivity (Wildman–Crippen MR) is 81.1 cm³/mol. The average molecular weight is 257 g/mol. The summed E-state index contributed by atoms with van der Waals surface area (Å²) in [7, 11) is 0. The second kappa shape index (κ2) is 13.4. The minimum atomic E-state index is 0.681. The molecular formula is C16H35NO. The third kappa shape index (κ3) is 9.90. The van der Waals surface area contributed by atoms with Crippen LogP contribution in [0.25, 0.3) is 0 Å². The molecule has 0 spiro atoms. The van der Waals surface area contributed by atoms with E-state index in [9.17, 15) is 0 Å². The Hall–Kier alpha value is -0.0800. The molecule has 2 atom stereocenters. The van der Waals surface area contributed by atoms with Crippen LogP contribution in [0.5, 0.6) is 0 Å². The molecule has 0 aliphatic heterocycles. The maximum absolute atomic E-state index is 5.83. The van der Waals surface area contributed by atoms with Gasteiger partial charge in [0.15, 0.2) is 0 Å². The van der Waals surface area contributed by atoms with Crippen LogP contribution in [0.2, 0.25) is 0 Å². The van der Waals surface area contributed by atoms with Gasteiger partial charge in [0.25, 0.3) is 0 Å². The summed E-state index contributed by atoms with van der Waals surface area (Å²) in [5.74, 6) is 0.778. The Kier molecular flexibility index (Phi) is 13.3. The van der Waals surface area contributed by atoms with Crippen LogP contribution in [0.15, 0.2) is 0 Å². The molecule has 110 valence electrons. The lowest BCUT2D eigenvalue weighted by molar-refractivity contribution is 0.0895. The van der Waals surface area contributed by atoms with E-state index in [1.54, 1.807) is 0 Å². The van der Waals surface area contributed by atoms with E-state index in [2.05, 4.69) is 33.0 Å². The van der Waals surface area contributed by atoms with Gasteiger partial charge in [-0.2, -0.15) is 0 Å². The Bertz CT molecular complexity index is 161. The van der Waals surface area contributed by atoms with Crippen LogP contribution in [0.3, 0.4) is 0 Å². The number of hydrogen-bond acceptors (Lipinski definition) is 2. The fourth-order valence-electron chi connectivity index (χ4n) is 2.32. The van der Waals surface area contributed by atoms with Crippen LogP contribution < -0.4 is 5.32 Å². The van der Waals surface area contributed by atoms with Crippen LogP contribution in [0, 0.1) is 5.92 Å². The van der Waals surface area contributed by atoms with Gasteiger partial charge >= 0.3 is 0 Å². The summed E-state index contributed by atoms with van der Waals surface area (Å²) in [6, 6.07) is 0.681. The summed E-state index contributed by atoms with van der Waals surface area (Å²) < 4.78 is 5.83. The molecule has 0 saturated heterocycles. The molecule has 0 heterocycles. The number of rotatable bonds is 13. The fraction of sp³-hybridized carbons (Fsp3) is 1.00. The van der Waals surface area contributed by atoms with Gasteiger partial charge in [0, 0.05) is 19.3 Å². The molecule has 2 nitrogen and oxygen atoms in total. The summed E-state index contributed by atoms with van der Waals surface area (Å²) in [6.45, 7) is 12.0. The third-order valence-corrected chi connectivity index (χ3v) is 3.72. The normalized spacial score (nSPS) is 14.7. The highest BCUT2D eigenvalue weighted by Gasteiger charge is 2.07. The predicted octanol–water partition coefficient (Wildman–Crippen LogP) is 4.39. The standard InChI is InChI=1S/C16H35NO/c1-5-9-11-15(6-2)14-18-13-10-12-16(7-3)17-8-4/h15-17H,5-14H2,1-4H3. The van der Waals surface area contributed by atoms with E-state index in [4.69, 9.17) is 4.74 Å². The maximum atomic E-state index is 5.83. The highest BCUT2D eigenvalue weighted by atomic mass is 16.5. The van der Waals surface area contributed by atoms with Crippen LogP contribution in [-0.2, 0) is 4.74 Å². The van der Waals surface area contributed by atoms with Gasteiger partial charge < -0.3 is 10.1 Å². The van der Waals surface area contributed by atoms with Gasteiger partial charge in [-0.25, -0.2) is 0 Å². The molecule has 0 amide bonds. The number of nitrogens with one attached hydrogen (secondary N) is 1. The van der Waals surface area contributed by atoms with E-state index in [1.807, 2.05) is 0 Å². The minimum absolute atomic E-state index is 0.681. The van der Waals surface area contributed by atoms with Crippen LogP contribution >= 0.6 is 0 Å². The quantitative estimate of drug-likeness (QED) is 0.494. The zero-order valence-electron chi connectivity index (χ0n) is 13.1. The molecule has 0 aliphatic carbocycles. The molecule has 0 saturated carbocycles. The van der Waals surface area contributed by atoms with Crippen LogP contribution in [-0.4, -0.2) is 25.8 Å². The molecule has 0 aromatic heterocycles. The van der Waals surface area contributed by atoms with Gasteiger partial charge in [-0.15, -0.1) is 0 Å². The highest BCUT2D eigenvalue weighted by Crippen LogP contribution is 2.13. The van der Waals surface area contributed by atoms with E-state index >= 15 is 0 Å². The Morgan fingerprint density at radius 3 is 2.28 bits per heavy atom. The van der Waals surface area contributed by atoms with Crippen LogP contribution in [0.1, 0.15) is 72.6 Å². The topological polar surface area (TPSA) is 21.3 Å². The number of ether oxygens (including phenoxy) is 1. The second-order valence-corrected chi connectivity index (χ2v) is 5.30. The van der Waals surface area contributed by atoms with E-state index in [-0.39, 0.29) is 0 Å². The van der Waals surface area contributed by atoms with E-state index in [0.29, 0.717) is 6.04 Å². The third-order valence-electron chi connectivity index (χ3n) is 3.72. The Morgan fingerprint density at radius 2 is 1.72 bits per heavy atom. The summed E-state index contributed by atoms with van der Waals surface area (Å²) in [5, 5.41) is 3.52. The highest BCUT2D eigenvalue weighted by molar-refractivity contribution is 4.63. The van der Waals surface area contributed by atoms with E-state index < -0.39 is 0 Å². The van der Waals surface area contributed by atoms with E-state index in [1.165, 1.54) is 44.9 Å². The van der Waals surface area contributed by atoms with Gasteiger partial charge in [0.2, 0.25) is 0 Å². The largest absolute Gasteiger partial charge is 0.381 e. The Labute approximate surface area is 115 Å². The van der Waals surface area contributed by atoms with Crippen molar-refractivity contribution >= 4 is 0 Å². The van der Waals surface area contributed by atoms with Crippen molar-refractivity contribution in [3.8, 4) is 0 Å². The van der Waals surface area contributed by atoms with Crippen LogP contribution in [0.4, 0.5) is 0 Å². The van der Waals surface area contributed by atoms with Crippen molar-refractivity contribution in [3.05, 3.63) is 0 Å². The van der Waals surface area contributed by atoms with Crippen molar-refractivity contribution < 1.29 is 4.74 Å². The molecule has 0 aromatic carbocycles. The molecule has 0 aliphatic rings. The smallest absolute Gasteiger partial charge is 0.0494 e. The van der Waals surface area contributed by atoms with Gasteiger partial charge in [-0.05, 0) is 38.1 Å². The van der Waals surface area contributed by atoms with Crippen molar-refractivity contribution in [3.63, 3.8) is 0 Å². The molecular weight excluding hydrogens is 222 g/mol. The molecule has 1 N–H and O–H groups in total. The average Bonchev–Trinajstić information content (AvgIpc) is 2.40. The molecule has 0 radical (unpaired) electrons. The van der Waals surface area contributed by atoms with Gasteiger partial charge in [0.1, 0.15) is 0 Å². The summed E-state index contributed by atoms with van der Waals surface area (Å²) in [5.41, 5.74) is 0. The maximum Gasteiger partial charge on any atom is 0.0494 e. The van der Waals surface area contributed by atoms with Crippen molar-refractivity contribution in [1.82, 2.24) is 5.32 Å². The second-order valence-electron chi connectivity index (χ2n) is 5.30. The first-order chi connectivity index (χ1) is 8.78. The first-order valence-electron chi connectivity index (χ1n) is 8.09. The van der Waals surface area contributed by atoms with Crippen molar-refractivity contribution in [2.24, 2.45) is 5.92 Å². The van der Waals surface area contributed by atoms with Crippen molar-refractivity contribution in [2.45, 2.75) is 78.7 Å². The van der Waals surface area contributed by atoms with Crippen molar-refractivity contribution in [1.29, 1.82) is 0 Å². The zero-order valence-corrected chi connectivity index (χ0v) is 13.1. The lowest BCUT2D eigenvalue weighted by Crippen LogP contribution is -2.28. The first kappa shape index (κ1) is 17.9. The Balaban J connectivity index is 3.46.